The number of halogens is 2. The summed E-state index contributed by atoms with van der Waals surface area (Å²) < 4.78 is 29.8. The van der Waals surface area contributed by atoms with Crippen LogP contribution in [0.5, 0.6) is 5.75 Å². The SMILES string of the molecule is O=C(CNC(=O)C1CCCN(C(=O)c2ccccc2OC(F)F)C1)NCCc1ccccc1. The third-order valence-corrected chi connectivity index (χ3v) is 5.41. The Morgan fingerprint density at radius 3 is 2.52 bits per heavy atom. The van der Waals surface area contributed by atoms with Crippen molar-refractivity contribution in [2.75, 3.05) is 26.2 Å². The molecule has 9 heteroatoms. The van der Waals surface area contributed by atoms with Gasteiger partial charge >= 0.3 is 6.61 Å². The maximum Gasteiger partial charge on any atom is 0.387 e. The molecule has 2 N–H and O–H groups in total. The summed E-state index contributed by atoms with van der Waals surface area (Å²) >= 11 is 0. The van der Waals surface area contributed by atoms with E-state index in [0.717, 1.165) is 5.56 Å². The molecule has 1 unspecified atom stereocenters. The van der Waals surface area contributed by atoms with E-state index in [1.54, 1.807) is 6.07 Å². The Morgan fingerprint density at radius 1 is 1.03 bits per heavy atom. The number of alkyl halides is 2. The van der Waals surface area contributed by atoms with Crippen LogP contribution in [-0.4, -0.2) is 55.4 Å². The largest absolute Gasteiger partial charge is 0.434 e. The molecule has 1 atom stereocenters. The van der Waals surface area contributed by atoms with Crippen LogP contribution in [0.4, 0.5) is 8.78 Å². The lowest BCUT2D eigenvalue weighted by molar-refractivity contribution is -0.129. The van der Waals surface area contributed by atoms with E-state index in [1.165, 1.54) is 23.1 Å². The molecule has 0 aromatic heterocycles. The number of ether oxygens (including phenoxy) is 1. The van der Waals surface area contributed by atoms with Gasteiger partial charge in [0.1, 0.15) is 5.75 Å². The minimum Gasteiger partial charge on any atom is -0.434 e. The van der Waals surface area contributed by atoms with Crippen molar-refractivity contribution in [3.05, 3.63) is 65.7 Å². The second kappa shape index (κ2) is 11.9. The molecule has 1 saturated heterocycles. The molecule has 176 valence electrons. The van der Waals surface area contributed by atoms with Crippen LogP contribution in [-0.2, 0) is 16.0 Å². The number of para-hydroxylation sites is 1. The Labute approximate surface area is 191 Å². The highest BCUT2D eigenvalue weighted by atomic mass is 19.3. The number of rotatable bonds is 9. The number of carbonyl (C=O) groups is 3. The molecule has 0 aliphatic carbocycles. The van der Waals surface area contributed by atoms with E-state index in [9.17, 15) is 23.2 Å². The second-order valence-electron chi connectivity index (χ2n) is 7.77. The molecule has 1 fully saturated rings. The zero-order valence-corrected chi connectivity index (χ0v) is 18.1. The maximum atomic E-state index is 12.9. The molecular formula is C24H27F2N3O4. The van der Waals surface area contributed by atoms with Crippen LogP contribution in [0.25, 0.3) is 0 Å². The standard InChI is InChI=1S/C24H27F2N3O4/c25-24(26)33-20-11-5-4-10-19(20)23(32)29-14-6-9-18(16-29)22(31)28-15-21(30)27-13-12-17-7-2-1-3-8-17/h1-5,7-8,10-11,18,24H,6,9,12-16H2,(H,27,30)(H,28,31). The molecule has 0 spiro atoms. The first kappa shape index (κ1) is 24.2. The highest BCUT2D eigenvalue weighted by Gasteiger charge is 2.30. The van der Waals surface area contributed by atoms with Crippen LogP contribution in [0.15, 0.2) is 54.6 Å². The summed E-state index contributed by atoms with van der Waals surface area (Å²) in [7, 11) is 0. The van der Waals surface area contributed by atoms with E-state index >= 15 is 0 Å². The number of benzene rings is 2. The van der Waals surface area contributed by atoms with Crippen molar-refractivity contribution >= 4 is 17.7 Å². The maximum absolute atomic E-state index is 12.9. The minimum absolute atomic E-state index is 0.0247. The monoisotopic (exact) mass is 459 g/mol. The summed E-state index contributed by atoms with van der Waals surface area (Å²) in [4.78, 5) is 38.9. The number of nitrogens with one attached hydrogen (secondary N) is 2. The van der Waals surface area contributed by atoms with Crippen LogP contribution in [0, 0.1) is 5.92 Å². The molecule has 2 aromatic rings. The van der Waals surface area contributed by atoms with Gasteiger partial charge in [0.2, 0.25) is 11.8 Å². The Kier molecular flexibility index (Phi) is 8.74. The molecule has 1 aliphatic heterocycles. The van der Waals surface area contributed by atoms with Crippen molar-refractivity contribution in [1.82, 2.24) is 15.5 Å². The van der Waals surface area contributed by atoms with E-state index in [4.69, 9.17) is 0 Å². The smallest absolute Gasteiger partial charge is 0.387 e. The van der Waals surface area contributed by atoms with Gasteiger partial charge in [-0.25, -0.2) is 0 Å². The quantitative estimate of drug-likeness (QED) is 0.604. The predicted molar refractivity (Wildman–Crippen MR) is 118 cm³/mol. The summed E-state index contributed by atoms with van der Waals surface area (Å²) in [6.45, 7) is -2.18. The van der Waals surface area contributed by atoms with Crippen molar-refractivity contribution in [2.45, 2.75) is 25.9 Å². The van der Waals surface area contributed by atoms with Crippen molar-refractivity contribution in [1.29, 1.82) is 0 Å². The van der Waals surface area contributed by atoms with Crippen molar-refractivity contribution in [3.63, 3.8) is 0 Å². The van der Waals surface area contributed by atoms with Gasteiger partial charge in [-0.05, 0) is 37.0 Å². The first-order valence-corrected chi connectivity index (χ1v) is 10.9. The Balaban J connectivity index is 1.47. The summed E-state index contributed by atoms with van der Waals surface area (Å²) in [5, 5.41) is 5.39. The Hall–Kier alpha value is -3.49. The summed E-state index contributed by atoms with van der Waals surface area (Å²) in [5.41, 5.74) is 1.13. The fraction of sp³-hybridized carbons (Fsp3) is 0.375. The number of hydrogen-bond acceptors (Lipinski definition) is 4. The molecule has 1 heterocycles. The topological polar surface area (TPSA) is 87.7 Å². The molecule has 2 aromatic carbocycles. The van der Waals surface area contributed by atoms with Gasteiger partial charge in [0.05, 0.1) is 18.0 Å². The normalized spacial score (nSPS) is 15.7. The molecule has 3 rings (SSSR count). The van der Waals surface area contributed by atoms with Gasteiger partial charge in [-0.2, -0.15) is 8.78 Å². The van der Waals surface area contributed by atoms with Crippen LogP contribution in [0.2, 0.25) is 0 Å². The van der Waals surface area contributed by atoms with Crippen LogP contribution in [0.3, 0.4) is 0 Å². The number of likely N-dealkylation sites (tertiary alicyclic amines) is 1. The van der Waals surface area contributed by atoms with Gasteiger partial charge in [-0.15, -0.1) is 0 Å². The fourth-order valence-electron chi connectivity index (χ4n) is 3.75. The van der Waals surface area contributed by atoms with E-state index in [0.29, 0.717) is 32.4 Å². The molecule has 0 bridgehead atoms. The van der Waals surface area contributed by atoms with Crippen molar-refractivity contribution < 1.29 is 27.9 Å². The summed E-state index contributed by atoms with van der Waals surface area (Å²) in [5.74, 6) is -1.76. The van der Waals surface area contributed by atoms with E-state index in [1.807, 2.05) is 30.3 Å². The van der Waals surface area contributed by atoms with Crippen LogP contribution < -0.4 is 15.4 Å². The van der Waals surface area contributed by atoms with Crippen LogP contribution >= 0.6 is 0 Å². The van der Waals surface area contributed by atoms with Crippen molar-refractivity contribution in [3.8, 4) is 5.75 Å². The lowest BCUT2D eigenvalue weighted by Gasteiger charge is -2.32. The lowest BCUT2D eigenvalue weighted by Crippen LogP contribution is -2.47. The predicted octanol–water partition coefficient (Wildman–Crippen LogP) is 2.62. The van der Waals surface area contributed by atoms with E-state index < -0.39 is 18.4 Å². The average molecular weight is 459 g/mol. The van der Waals surface area contributed by atoms with Gasteiger partial charge in [0, 0.05) is 19.6 Å². The zero-order chi connectivity index (χ0) is 23.6. The van der Waals surface area contributed by atoms with Crippen LogP contribution in [0.1, 0.15) is 28.8 Å². The highest BCUT2D eigenvalue weighted by Crippen LogP contribution is 2.25. The third-order valence-electron chi connectivity index (χ3n) is 5.41. The first-order chi connectivity index (χ1) is 15.9. The van der Waals surface area contributed by atoms with Gasteiger partial charge in [0.25, 0.3) is 5.91 Å². The summed E-state index contributed by atoms with van der Waals surface area (Å²) in [6.07, 6.45) is 1.85. The third kappa shape index (κ3) is 7.27. The van der Waals surface area contributed by atoms with Gasteiger partial charge in [-0.3, -0.25) is 14.4 Å². The molecule has 0 radical (unpaired) electrons. The highest BCUT2D eigenvalue weighted by molar-refractivity contribution is 5.97. The van der Waals surface area contributed by atoms with Gasteiger partial charge in [0.15, 0.2) is 0 Å². The molecule has 33 heavy (non-hydrogen) atoms. The Bertz CT molecular complexity index is 956. The van der Waals surface area contributed by atoms with Gasteiger partial charge < -0.3 is 20.3 Å². The molecule has 3 amide bonds. The fourth-order valence-corrected chi connectivity index (χ4v) is 3.75. The molecule has 1 aliphatic rings. The molecule has 7 nitrogen and oxygen atoms in total. The van der Waals surface area contributed by atoms with Gasteiger partial charge in [-0.1, -0.05) is 42.5 Å². The second-order valence-corrected chi connectivity index (χ2v) is 7.77. The van der Waals surface area contributed by atoms with E-state index in [2.05, 4.69) is 15.4 Å². The number of amides is 3. The summed E-state index contributed by atoms with van der Waals surface area (Å²) in [6, 6.07) is 15.5. The number of nitrogens with zero attached hydrogens (tertiary/aromatic N) is 1. The Morgan fingerprint density at radius 2 is 1.76 bits per heavy atom. The number of piperidine rings is 1. The molecule has 0 saturated carbocycles. The van der Waals surface area contributed by atoms with Crippen molar-refractivity contribution in [2.24, 2.45) is 5.92 Å². The average Bonchev–Trinajstić information content (AvgIpc) is 2.83. The molecular weight excluding hydrogens is 432 g/mol. The minimum atomic E-state index is -3.04. The number of hydrogen-bond donors (Lipinski definition) is 2. The number of carbonyl (C=O) groups excluding carboxylic acids is 3. The zero-order valence-electron chi connectivity index (χ0n) is 18.1. The lowest BCUT2D eigenvalue weighted by atomic mass is 9.96. The van der Waals surface area contributed by atoms with E-state index in [-0.39, 0.29) is 36.2 Å². The first-order valence-electron chi connectivity index (χ1n) is 10.9.